The number of rotatable bonds is 7. The molecule has 0 bridgehead atoms. The predicted octanol–water partition coefficient (Wildman–Crippen LogP) is 3.38. The van der Waals surface area contributed by atoms with E-state index in [0.29, 0.717) is 24.9 Å². The van der Waals surface area contributed by atoms with E-state index < -0.39 is 35.8 Å². The molecule has 4 rings (SSSR count). The summed E-state index contributed by atoms with van der Waals surface area (Å²) in [6.45, 7) is 0.196. The average Bonchev–Trinajstić information content (AvgIpc) is 3.42. The third kappa shape index (κ3) is 4.50. The molecule has 1 saturated carbocycles. The molecular formula is C23H24FN7O3. The Morgan fingerprint density at radius 3 is 2.56 bits per heavy atom. The van der Waals surface area contributed by atoms with Crippen LogP contribution in [-0.2, 0) is 0 Å². The SMILES string of the molecule is N#CCC1(CC2[C@@H](n3cc(C(N)=O)c(Nc4ccc(F)cc4)n3)[C@H](C#N)CCN2C(=O)O)CC1. The van der Waals surface area contributed by atoms with E-state index in [1.807, 2.05) is 0 Å². The number of likely N-dealkylation sites (tertiary alicyclic amines) is 1. The van der Waals surface area contributed by atoms with Gasteiger partial charge in [-0.25, -0.2) is 9.18 Å². The highest BCUT2D eigenvalue weighted by atomic mass is 19.1. The van der Waals surface area contributed by atoms with Gasteiger partial charge < -0.3 is 21.1 Å². The summed E-state index contributed by atoms with van der Waals surface area (Å²) in [5, 5.41) is 36.4. The molecule has 2 fully saturated rings. The number of carbonyl (C=O) groups is 2. The lowest BCUT2D eigenvalue weighted by molar-refractivity contribution is 0.0476. The normalized spacial score (nSPS) is 22.9. The van der Waals surface area contributed by atoms with Crippen LogP contribution in [0.25, 0.3) is 0 Å². The Morgan fingerprint density at radius 1 is 1.29 bits per heavy atom. The number of hydrogen-bond donors (Lipinski definition) is 3. The standard InChI is InChI=1S/C23H24FN7O3/c24-15-1-3-16(4-2-15)28-21-17(20(27)32)13-31(29-21)19-14(12-26)5-10-30(22(33)34)18(19)11-23(6-7-23)8-9-25/h1-4,13-14,18-19H,5-8,10-11H2,(H2,27,32)(H,28,29)(H,33,34)/t14-,18?,19-/m0/s1. The zero-order valence-electron chi connectivity index (χ0n) is 18.3. The number of carbonyl (C=O) groups excluding carboxylic acids is 1. The van der Waals surface area contributed by atoms with Crippen LogP contribution in [-0.4, -0.2) is 44.4 Å². The van der Waals surface area contributed by atoms with E-state index >= 15 is 0 Å². The minimum absolute atomic E-state index is 0.0605. The van der Waals surface area contributed by atoms with Crippen molar-refractivity contribution in [3.05, 3.63) is 41.8 Å². The van der Waals surface area contributed by atoms with Gasteiger partial charge in [0.05, 0.1) is 30.1 Å². The van der Waals surface area contributed by atoms with Crippen LogP contribution in [0.5, 0.6) is 0 Å². The minimum atomic E-state index is -1.11. The number of nitrogens with one attached hydrogen (secondary N) is 1. The van der Waals surface area contributed by atoms with E-state index in [0.717, 1.165) is 12.8 Å². The molecule has 1 unspecified atom stereocenters. The molecule has 1 aromatic heterocycles. The first-order valence-corrected chi connectivity index (χ1v) is 10.9. The van der Waals surface area contributed by atoms with Crippen LogP contribution in [0.1, 0.15) is 48.5 Å². The molecule has 176 valence electrons. The van der Waals surface area contributed by atoms with Crippen molar-refractivity contribution in [3.8, 4) is 12.1 Å². The number of carboxylic acid groups (broad SMARTS) is 1. The average molecular weight is 465 g/mol. The van der Waals surface area contributed by atoms with Crippen LogP contribution in [0.3, 0.4) is 0 Å². The van der Waals surface area contributed by atoms with Gasteiger partial charge in [0.2, 0.25) is 0 Å². The van der Waals surface area contributed by atoms with Crippen molar-refractivity contribution in [3.63, 3.8) is 0 Å². The van der Waals surface area contributed by atoms with Gasteiger partial charge in [0.1, 0.15) is 11.4 Å². The Morgan fingerprint density at radius 2 is 2.00 bits per heavy atom. The fraction of sp³-hybridized carbons (Fsp3) is 0.435. The molecule has 1 saturated heterocycles. The Balaban J connectivity index is 1.74. The first kappa shape index (κ1) is 23.1. The fourth-order valence-electron chi connectivity index (χ4n) is 4.77. The lowest BCUT2D eigenvalue weighted by atomic mass is 9.80. The van der Waals surface area contributed by atoms with Crippen molar-refractivity contribution in [2.24, 2.45) is 17.1 Å². The Kier molecular flexibility index (Phi) is 6.12. The molecule has 2 amide bonds. The lowest BCUT2D eigenvalue weighted by Crippen LogP contribution is -2.52. The molecule has 1 aliphatic heterocycles. The second-order valence-corrected chi connectivity index (χ2v) is 8.96. The quantitative estimate of drug-likeness (QED) is 0.564. The summed E-state index contributed by atoms with van der Waals surface area (Å²) in [7, 11) is 0. The minimum Gasteiger partial charge on any atom is -0.465 e. The van der Waals surface area contributed by atoms with Gasteiger partial charge in [0.25, 0.3) is 5.91 Å². The van der Waals surface area contributed by atoms with Gasteiger partial charge in [-0.1, -0.05) is 0 Å². The number of anilines is 2. The molecule has 3 atom stereocenters. The van der Waals surface area contributed by atoms with Gasteiger partial charge >= 0.3 is 6.09 Å². The highest BCUT2D eigenvalue weighted by Crippen LogP contribution is 2.55. The van der Waals surface area contributed by atoms with E-state index in [1.165, 1.54) is 40.0 Å². The summed E-state index contributed by atoms with van der Waals surface area (Å²) < 4.78 is 14.7. The molecular weight excluding hydrogens is 441 g/mol. The molecule has 2 aliphatic rings. The topological polar surface area (TPSA) is 161 Å². The van der Waals surface area contributed by atoms with Gasteiger partial charge in [-0.3, -0.25) is 9.48 Å². The predicted molar refractivity (Wildman–Crippen MR) is 118 cm³/mol. The van der Waals surface area contributed by atoms with Gasteiger partial charge in [0.15, 0.2) is 5.82 Å². The molecule has 10 nitrogen and oxygen atoms in total. The van der Waals surface area contributed by atoms with Crippen LogP contribution in [0.2, 0.25) is 0 Å². The molecule has 2 heterocycles. The molecule has 1 aliphatic carbocycles. The molecule has 1 aromatic carbocycles. The maximum Gasteiger partial charge on any atom is 0.407 e. The highest BCUT2D eigenvalue weighted by Gasteiger charge is 2.51. The highest BCUT2D eigenvalue weighted by molar-refractivity contribution is 5.98. The third-order valence-electron chi connectivity index (χ3n) is 6.76. The van der Waals surface area contributed by atoms with E-state index in [9.17, 15) is 29.6 Å². The van der Waals surface area contributed by atoms with Crippen LogP contribution in [0, 0.1) is 39.8 Å². The molecule has 0 spiro atoms. The van der Waals surface area contributed by atoms with Crippen molar-refractivity contribution in [2.75, 3.05) is 11.9 Å². The van der Waals surface area contributed by atoms with Gasteiger partial charge in [0, 0.05) is 24.8 Å². The summed E-state index contributed by atoms with van der Waals surface area (Å²) in [6.07, 6.45) is 2.99. The maximum absolute atomic E-state index is 13.3. The number of nitrogens with zero attached hydrogens (tertiary/aromatic N) is 5. The molecule has 4 N–H and O–H groups in total. The van der Waals surface area contributed by atoms with E-state index in [1.54, 1.807) is 0 Å². The first-order valence-electron chi connectivity index (χ1n) is 10.9. The second-order valence-electron chi connectivity index (χ2n) is 8.96. The number of halogens is 1. The number of benzene rings is 1. The summed E-state index contributed by atoms with van der Waals surface area (Å²) in [4.78, 5) is 25.5. The van der Waals surface area contributed by atoms with Crippen LogP contribution < -0.4 is 11.1 Å². The fourth-order valence-corrected chi connectivity index (χ4v) is 4.77. The molecule has 34 heavy (non-hydrogen) atoms. The summed E-state index contributed by atoms with van der Waals surface area (Å²) >= 11 is 0. The van der Waals surface area contributed by atoms with E-state index in [2.05, 4.69) is 22.6 Å². The Bertz CT molecular complexity index is 1180. The molecule has 0 radical (unpaired) electrons. The van der Waals surface area contributed by atoms with Gasteiger partial charge in [-0.05, 0) is 55.4 Å². The number of amides is 2. The number of primary amides is 1. The molecule has 2 aromatic rings. The summed E-state index contributed by atoms with van der Waals surface area (Å²) in [6, 6.07) is 8.64. The zero-order valence-corrected chi connectivity index (χ0v) is 18.3. The van der Waals surface area contributed by atoms with Gasteiger partial charge in [-0.15, -0.1) is 0 Å². The van der Waals surface area contributed by atoms with Crippen molar-refractivity contribution >= 4 is 23.5 Å². The lowest BCUT2D eigenvalue weighted by Gasteiger charge is -2.43. The summed E-state index contributed by atoms with van der Waals surface area (Å²) in [5.41, 5.74) is 5.82. The number of aromatic nitrogens is 2. The van der Waals surface area contributed by atoms with Crippen molar-refractivity contribution < 1.29 is 19.1 Å². The van der Waals surface area contributed by atoms with Crippen LogP contribution >= 0.6 is 0 Å². The van der Waals surface area contributed by atoms with Crippen molar-refractivity contribution in [1.82, 2.24) is 14.7 Å². The first-order chi connectivity index (χ1) is 16.3. The monoisotopic (exact) mass is 465 g/mol. The zero-order chi connectivity index (χ0) is 24.5. The number of nitriles is 2. The third-order valence-corrected chi connectivity index (χ3v) is 6.76. The van der Waals surface area contributed by atoms with Gasteiger partial charge in [-0.2, -0.15) is 15.6 Å². The second kappa shape index (κ2) is 9.02. The largest absolute Gasteiger partial charge is 0.465 e. The number of piperidine rings is 1. The molecule has 11 heteroatoms. The Hall–Kier alpha value is -4.12. The Labute approximate surface area is 195 Å². The van der Waals surface area contributed by atoms with E-state index in [4.69, 9.17) is 5.73 Å². The number of hydrogen-bond acceptors (Lipinski definition) is 6. The van der Waals surface area contributed by atoms with Crippen molar-refractivity contribution in [2.45, 2.75) is 44.2 Å². The number of nitrogens with two attached hydrogens (primary N) is 1. The van der Waals surface area contributed by atoms with Crippen molar-refractivity contribution in [1.29, 1.82) is 10.5 Å². The smallest absolute Gasteiger partial charge is 0.407 e. The van der Waals surface area contributed by atoms with Crippen LogP contribution in [0.4, 0.5) is 20.7 Å². The van der Waals surface area contributed by atoms with E-state index in [-0.39, 0.29) is 23.3 Å². The summed E-state index contributed by atoms with van der Waals surface area (Å²) in [5.74, 6) is -1.61. The maximum atomic E-state index is 13.3. The van der Waals surface area contributed by atoms with Crippen LogP contribution in [0.15, 0.2) is 30.5 Å².